The molecule has 6 heteroatoms. The van der Waals surface area contributed by atoms with Crippen LogP contribution in [0.2, 0.25) is 0 Å². The van der Waals surface area contributed by atoms with Crippen molar-refractivity contribution in [1.29, 1.82) is 0 Å². The molecule has 0 bridgehead atoms. The summed E-state index contributed by atoms with van der Waals surface area (Å²) in [6, 6.07) is 21.7. The molecule has 5 nitrogen and oxygen atoms in total. The van der Waals surface area contributed by atoms with E-state index in [0.29, 0.717) is 18.0 Å². The first kappa shape index (κ1) is 21.3. The minimum atomic E-state index is -3.59. The Bertz CT molecular complexity index is 1050. The molecule has 0 aliphatic rings. The largest absolute Gasteiger partial charge is 0.377 e. The summed E-state index contributed by atoms with van der Waals surface area (Å²) in [4.78, 5) is 2.31. The lowest BCUT2D eigenvalue weighted by Gasteiger charge is -2.17. The van der Waals surface area contributed by atoms with Crippen molar-refractivity contribution in [2.75, 3.05) is 32.1 Å². The summed E-state index contributed by atoms with van der Waals surface area (Å²) in [5.74, 6) is 0. The molecule has 0 aliphatic carbocycles. The van der Waals surface area contributed by atoms with E-state index in [0.717, 1.165) is 22.9 Å². The molecule has 0 radical (unpaired) electrons. The number of anilines is 1. The molecule has 0 saturated carbocycles. The third-order valence-corrected chi connectivity index (χ3v) is 6.44. The third kappa shape index (κ3) is 5.35. The number of hydrogen-bond acceptors (Lipinski definition) is 4. The average molecular weight is 412 g/mol. The molecule has 0 spiro atoms. The van der Waals surface area contributed by atoms with E-state index in [1.807, 2.05) is 61.5 Å². The number of rotatable bonds is 9. The van der Waals surface area contributed by atoms with Crippen molar-refractivity contribution in [3.05, 3.63) is 72.3 Å². The highest BCUT2D eigenvalue weighted by molar-refractivity contribution is 7.89. The number of sulfonamides is 1. The fraction of sp³-hybridized carbons (Fsp3) is 0.304. The first-order chi connectivity index (χ1) is 13.9. The van der Waals surface area contributed by atoms with Crippen molar-refractivity contribution in [2.45, 2.75) is 24.3 Å². The predicted octanol–water partition coefficient (Wildman–Crippen LogP) is 3.40. The molecule has 0 aromatic heterocycles. The second kappa shape index (κ2) is 9.39. The van der Waals surface area contributed by atoms with Gasteiger partial charge in [-0.15, -0.1) is 0 Å². The molecule has 0 heterocycles. The van der Waals surface area contributed by atoms with Gasteiger partial charge in [-0.2, -0.15) is 0 Å². The van der Waals surface area contributed by atoms with Crippen LogP contribution in [0.5, 0.6) is 0 Å². The molecule has 1 unspecified atom stereocenters. The molecule has 1 atom stereocenters. The van der Waals surface area contributed by atoms with Gasteiger partial charge >= 0.3 is 0 Å². The van der Waals surface area contributed by atoms with Gasteiger partial charge in [-0.05, 0) is 31.0 Å². The molecule has 0 fully saturated rings. The molecule has 154 valence electrons. The van der Waals surface area contributed by atoms with Gasteiger partial charge in [0.25, 0.3) is 0 Å². The highest BCUT2D eigenvalue weighted by Gasteiger charge is 2.18. The Balaban J connectivity index is 1.64. The van der Waals surface area contributed by atoms with Crippen LogP contribution in [0.3, 0.4) is 0 Å². The van der Waals surface area contributed by atoms with Crippen molar-refractivity contribution in [3.8, 4) is 0 Å². The Morgan fingerprint density at radius 1 is 0.862 bits per heavy atom. The Labute approximate surface area is 173 Å². The maximum absolute atomic E-state index is 12.9. The zero-order valence-corrected chi connectivity index (χ0v) is 18.0. The lowest BCUT2D eigenvalue weighted by molar-refractivity contribution is 0.536. The maximum atomic E-state index is 12.9. The number of nitrogens with one attached hydrogen (secondary N) is 2. The molecule has 0 saturated heterocycles. The second-order valence-electron chi connectivity index (χ2n) is 7.47. The van der Waals surface area contributed by atoms with Gasteiger partial charge in [0.15, 0.2) is 0 Å². The van der Waals surface area contributed by atoms with Crippen LogP contribution >= 0.6 is 0 Å². The average Bonchev–Trinajstić information content (AvgIpc) is 2.71. The molecular weight excluding hydrogens is 382 g/mol. The fourth-order valence-electron chi connectivity index (χ4n) is 3.51. The van der Waals surface area contributed by atoms with Crippen LogP contribution in [0.25, 0.3) is 10.8 Å². The Hall–Kier alpha value is -2.41. The normalized spacial score (nSPS) is 12.8. The van der Waals surface area contributed by atoms with E-state index in [4.69, 9.17) is 0 Å². The molecular formula is C23H29N3O2S. The van der Waals surface area contributed by atoms with Crippen LogP contribution in [0.15, 0.2) is 71.6 Å². The first-order valence-electron chi connectivity index (χ1n) is 9.84. The standard InChI is InChI=1S/C23H29N3O2S/c1-18(17-19-9-5-4-6-10-19)24-15-16-25-29(27,28)23-14-8-11-20-21(23)12-7-13-22(20)26(2)3/h4-14,18,24-25H,15-17H2,1-3H3. The van der Waals surface area contributed by atoms with Gasteiger partial charge in [0.05, 0.1) is 4.90 Å². The SMILES string of the molecule is CC(Cc1ccccc1)NCCNS(=O)(=O)c1cccc2c(N(C)C)cccc12. The first-order valence-corrected chi connectivity index (χ1v) is 11.3. The third-order valence-electron chi connectivity index (χ3n) is 4.92. The van der Waals surface area contributed by atoms with Gasteiger partial charge in [0.1, 0.15) is 0 Å². The number of hydrogen-bond donors (Lipinski definition) is 2. The molecule has 0 amide bonds. The molecule has 3 aromatic rings. The lowest BCUT2D eigenvalue weighted by atomic mass is 10.1. The van der Waals surface area contributed by atoms with Crippen LogP contribution < -0.4 is 14.9 Å². The lowest BCUT2D eigenvalue weighted by Crippen LogP contribution is -2.36. The van der Waals surface area contributed by atoms with Crippen molar-refractivity contribution >= 4 is 26.5 Å². The Morgan fingerprint density at radius 3 is 2.28 bits per heavy atom. The zero-order valence-electron chi connectivity index (χ0n) is 17.2. The smallest absolute Gasteiger partial charge is 0.241 e. The topological polar surface area (TPSA) is 61.4 Å². The molecule has 29 heavy (non-hydrogen) atoms. The summed E-state index contributed by atoms with van der Waals surface area (Å²) >= 11 is 0. The predicted molar refractivity (Wildman–Crippen MR) is 121 cm³/mol. The van der Waals surface area contributed by atoms with Crippen molar-refractivity contribution in [3.63, 3.8) is 0 Å². The number of fused-ring (bicyclic) bond motifs is 1. The van der Waals surface area contributed by atoms with Crippen LogP contribution in [0.1, 0.15) is 12.5 Å². The zero-order chi connectivity index (χ0) is 20.9. The molecule has 2 N–H and O–H groups in total. The van der Waals surface area contributed by atoms with Crippen LogP contribution in [0.4, 0.5) is 5.69 Å². The maximum Gasteiger partial charge on any atom is 0.241 e. The van der Waals surface area contributed by atoms with E-state index in [1.54, 1.807) is 12.1 Å². The molecule has 3 aromatic carbocycles. The summed E-state index contributed by atoms with van der Waals surface area (Å²) in [6.45, 7) is 3.02. The van der Waals surface area contributed by atoms with Gasteiger partial charge in [0, 0.05) is 49.7 Å². The summed E-state index contributed by atoms with van der Waals surface area (Å²) in [5.41, 5.74) is 2.26. The van der Waals surface area contributed by atoms with Gasteiger partial charge in [-0.1, -0.05) is 54.6 Å². The van der Waals surface area contributed by atoms with E-state index >= 15 is 0 Å². The van der Waals surface area contributed by atoms with Gasteiger partial charge in [0.2, 0.25) is 10.0 Å². The highest BCUT2D eigenvalue weighted by atomic mass is 32.2. The highest BCUT2D eigenvalue weighted by Crippen LogP contribution is 2.29. The van der Waals surface area contributed by atoms with Crippen molar-refractivity contribution in [2.24, 2.45) is 0 Å². The van der Waals surface area contributed by atoms with E-state index < -0.39 is 10.0 Å². The van der Waals surface area contributed by atoms with Crippen molar-refractivity contribution < 1.29 is 8.42 Å². The van der Waals surface area contributed by atoms with E-state index in [2.05, 4.69) is 29.1 Å². The molecule has 0 aliphatic heterocycles. The summed E-state index contributed by atoms with van der Waals surface area (Å²) in [6.07, 6.45) is 0.907. The Kier molecular flexibility index (Phi) is 6.90. The van der Waals surface area contributed by atoms with E-state index in [1.165, 1.54) is 5.56 Å². The quantitative estimate of drug-likeness (QED) is 0.530. The fourth-order valence-corrected chi connectivity index (χ4v) is 4.76. The number of benzene rings is 3. The van der Waals surface area contributed by atoms with Crippen LogP contribution in [0, 0.1) is 0 Å². The monoisotopic (exact) mass is 411 g/mol. The second-order valence-corrected chi connectivity index (χ2v) is 9.20. The summed E-state index contributed by atoms with van der Waals surface area (Å²) in [7, 11) is 0.315. The van der Waals surface area contributed by atoms with Gasteiger partial charge in [-0.25, -0.2) is 13.1 Å². The molecule has 3 rings (SSSR count). The Morgan fingerprint density at radius 2 is 1.55 bits per heavy atom. The van der Waals surface area contributed by atoms with Gasteiger partial charge < -0.3 is 10.2 Å². The summed E-state index contributed by atoms with van der Waals surface area (Å²) in [5, 5.41) is 5.04. The number of nitrogens with zero attached hydrogens (tertiary/aromatic N) is 1. The van der Waals surface area contributed by atoms with Gasteiger partial charge in [-0.3, -0.25) is 0 Å². The van der Waals surface area contributed by atoms with Crippen LogP contribution in [-0.2, 0) is 16.4 Å². The van der Waals surface area contributed by atoms with E-state index in [9.17, 15) is 8.42 Å². The minimum absolute atomic E-state index is 0.266. The van der Waals surface area contributed by atoms with E-state index in [-0.39, 0.29) is 6.04 Å². The van der Waals surface area contributed by atoms with Crippen molar-refractivity contribution in [1.82, 2.24) is 10.0 Å². The minimum Gasteiger partial charge on any atom is -0.377 e. The summed E-state index contributed by atoms with van der Waals surface area (Å²) < 4.78 is 28.6. The van der Waals surface area contributed by atoms with Crippen LogP contribution in [-0.4, -0.2) is 41.6 Å².